The molecular formula is C22H13Br2FN2O3. The second kappa shape index (κ2) is 9.65. The molecule has 0 N–H and O–H groups in total. The van der Waals surface area contributed by atoms with Gasteiger partial charge in [0.1, 0.15) is 18.2 Å². The Kier molecular flexibility index (Phi) is 6.98. The van der Waals surface area contributed by atoms with Gasteiger partial charge in [0, 0.05) is 12.1 Å². The largest absolute Gasteiger partial charge is 0.487 e. The zero-order valence-electron chi connectivity index (χ0n) is 15.3. The lowest BCUT2D eigenvalue weighted by atomic mass is 10.0. The van der Waals surface area contributed by atoms with Crippen molar-refractivity contribution in [3.63, 3.8) is 0 Å². The minimum atomic E-state index is -0.504. The number of hydrogen-bond acceptors (Lipinski definition) is 4. The van der Waals surface area contributed by atoms with Crippen LogP contribution in [0.2, 0.25) is 0 Å². The van der Waals surface area contributed by atoms with Gasteiger partial charge in [0.15, 0.2) is 0 Å². The highest BCUT2D eigenvalue weighted by Crippen LogP contribution is 2.36. The molecule has 3 rings (SSSR count). The van der Waals surface area contributed by atoms with Gasteiger partial charge in [-0.25, -0.2) is 4.39 Å². The van der Waals surface area contributed by atoms with Crippen LogP contribution in [0.5, 0.6) is 5.75 Å². The van der Waals surface area contributed by atoms with Crippen LogP contribution in [0.15, 0.2) is 69.6 Å². The number of allylic oxidation sites excluding steroid dienone is 1. The molecule has 0 aliphatic heterocycles. The summed E-state index contributed by atoms with van der Waals surface area (Å²) in [6.45, 7) is 0.182. The molecule has 8 heteroatoms. The van der Waals surface area contributed by atoms with Gasteiger partial charge in [-0.3, -0.25) is 10.1 Å². The van der Waals surface area contributed by atoms with Gasteiger partial charge in [-0.15, -0.1) is 0 Å². The van der Waals surface area contributed by atoms with Crippen molar-refractivity contribution in [2.45, 2.75) is 6.61 Å². The molecule has 0 aliphatic rings. The van der Waals surface area contributed by atoms with Crippen LogP contribution in [0.25, 0.3) is 11.6 Å². The van der Waals surface area contributed by atoms with Crippen LogP contribution >= 0.6 is 31.9 Å². The van der Waals surface area contributed by atoms with E-state index in [1.807, 2.05) is 0 Å². The molecule has 0 spiro atoms. The van der Waals surface area contributed by atoms with E-state index in [1.165, 1.54) is 30.3 Å². The number of ether oxygens (including phenoxy) is 1. The predicted octanol–water partition coefficient (Wildman–Crippen LogP) is 6.90. The fraction of sp³-hybridized carbons (Fsp3) is 0.0455. The van der Waals surface area contributed by atoms with Crippen molar-refractivity contribution in [2.24, 2.45) is 0 Å². The summed E-state index contributed by atoms with van der Waals surface area (Å²) >= 11 is 6.91. The van der Waals surface area contributed by atoms with Crippen molar-refractivity contribution >= 4 is 49.2 Å². The molecule has 3 aromatic rings. The van der Waals surface area contributed by atoms with Gasteiger partial charge in [0.25, 0.3) is 5.69 Å². The van der Waals surface area contributed by atoms with Crippen molar-refractivity contribution in [1.29, 1.82) is 5.26 Å². The molecule has 0 aliphatic carbocycles. The Morgan fingerprint density at radius 1 is 1.13 bits per heavy atom. The van der Waals surface area contributed by atoms with E-state index < -0.39 is 4.92 Å². The second-order valence-corrected chi connectivity index (χ2v) is 7.92. The lowest BCUT2D eigenvalue weighted by Crippen LogP contribution is -1.98. The first-order valence-electron chi connectivity index (χ1n) is 8.60. The topological polar surface area (TPSA) is 76.2 Å². The molecule has 0 fully saturated rings. The lowest BCUT2D eigenvalue weighted by Gasteiger charge is -2.12. The molecule has 0 radical (unpaired) electrons. The highest BCUT2D eigenvalue weighted by molar-refractivity contribution is 9.11. The van der Waals surface area contributed by atoms with Crippen LogP contribution in [0, 0.1) is 27.3 Å². The van der Waals surface area contributed by atoms with Gasteiger partial charge >= 0.3 is 0 Å². The summed E-state index contributed by atoms with van der Waals surface area (Å²) in [6, 6.07) is 17.7. The van der Waals surface area contributed by atoms with E-state index >= 15 is 0 Å². The molecule has 0 saturated carbocycles. The van der Waals surface area contributed by atoms with Crippen molar-refractivity contribution in [3.05, 3.63) is 102 Å². The third-order valence-corrected chi connectivity index (χ3v) is 5.27. The zero-order valence-corrected chi connectivity index (χ0v) is 18.5. The minimum Gasteiger partial charge on any atom is -0.487 e. The molecule has 0 heterocycles. The lowest BCUT2D eigenvalue weighted by molar-refractivity contribution is -0.384. The first kappa shape index (κ1) is 21.7. The fourth-order valence-corrected chi connectivity index (χ4v) is 4.17. The first-order chi connectivity index (χ1) is 14.4. The van der Waals surface area contributed by atoms with Gasteiger partial charge in [0.2, 0.25) is 0 Å². The number of nitriles is 1. The van der Waals surface area contributed by atoms with E-state index in [0.29, 0.717) is 31.4 Å². The Balaban J connectivity index is 1.87. The summed E-state index contributed by atoms with van der Waals surface area (Å²) in [6.07, 6.45) is 1.63. The van der Waals surface area contributed by atoms with Crippen molar-refractivity contribution in [2.75, 3.05) is 0 Å². The summed E-state index contributed by atoms with van der Waals surface area (Å²) in [5.74, 6) is 0.199. The molecule has 0 unspecified atom stereocenters. The standard InChI is InChI=1S/C22H13Br2FN2O3/c23-20-9-15(7-17(12-26)16-4-2-6-19(11-16)27(28)29)10-21(24)22(20)30-13-14-3-1-5-18(25)8-14/h1-11H,13H2/b17-7-. The smallest absolute Gasteiger partial charge is 0.270 e. The van der Waals surface area contributed by atoms with Crippen LogP contribution in [0.3, 0.4) is 0 Å². The maximum Gasteiger partial charge on any atom is 0.270 e. The van der Waals surface area contributed by atoms with Crippen molar-refractivity contribution < 1.29 is 14.1 Å². The van der Waals surface area contributed by atoms with E-state index in [1.54, 1.807) is 36.4 Å². The van der Waals surface area contributed by atoms with Crippen LogP contribution in [-0.4, -0.2) is 4.92 Å². The summed E-state index contributed by atoms with van der Waals surface area (Å²) in [5.41, 5.74) is 2.03. The van der Waals surface area contributed by atoms with Gasteiger partial charge in [0.05, 0.1) is 25.5 Å². The van der Waals surface area contributed by atoms with E-state index in [9.17, 15) is 19.8 Å². The van der Waals surface area contributed by atoms with E-state index in [0.717, 1.165) is 0 Å². The molecule has 0 saturated heterocycles. The Bertz CT molecular complexity index is 1170. The van der Waals surface area contributed by atoms with Crippen LogP contribution in [0.4, 0.5) is 10.1 Å². The summed E-state index contributed by atoms with van der Waals surface area (Å²) in [5, 5.41) is 20.5. The third-order valence-electron chi connectivity index (χ3n) is 4.09. The quantitative estimate of drug-likeness (QED) is 0.150. The Hall–Kier alpha value is -3.02. The molecule has 0 bridgehead atoms. The van der Waals surface area contributed by atoms with Crippen molar-refractivity contribution in [3.8, 4) is 11.8 Å². The van der Waals surface area contributed by atoms with Crippen LogP contribution in [0.1, 0.15) is 16.7 Å². The maximum absolute atomic E-state index is 13.3. The molecule has 5 nitrogen and oxygen atoms in total. The highest BCUT2D eigenvalue weighted by Gasteiger charge is 2.12. The number of nitro benzene ring substituents is 1. The monoisotopic (exact) mass is 530 g/mol. The van der Waals surface area contributed by atoms with Gasteiger partial charge in [-0.05, 0) is 78.9 Å². The number of nitrogens with zero attached hydrogens (tertiary/aromatic N) is 2. The maximum atomic E-state index is 13.3. The third kappa shape index (κ3) is 5.32. The number of rotatable bonds is 6. The first-order valence-corrected chi connectivity index (χ1v) is 10.2. The van der Waals surface area contributed by atoms with E-state index in [2.05, 4.69) is 37.9 Å². The van der Waals surface area contributed by atoms with E-state index in [-0.39, 0.29) is 23.7 Å². The molecule has 0 aromatic heterocycles. The fourth-order valence-electron chi connectivity index (χ4n) is 2.72. The van der Waals surface area contributed by atoms with Gasteiger partial charge in [-0.1, -0.05) is 24.3 Å². The molecule has 150 valence electrons. The summed E-state index contributed by atoms with van der Waals surface area (Å²) in [4.78, 5) is 10.5. The molecular weight excluding hydrogens is 519 g/mol. The Morgan fingerprint density at radius 2 is 1.83 bits per heavy atom. The molecule has 3 aromatic carbocycles. The Morgan fingerprint density at radius 3 is 2.47 bits per heavy atom. The number of hydrogen-bond donors (Lipinski definition) is 0. The van der Waals surface area contributed by atoms with Gasteiger partial charge < -0.3 is 4.74 Å². The number of benzene rings is 3. The molecule has 0 amide bonds. The zero-order chi connectivity index (χ0) is 21.7. The average molecular weight is 532 g/mol. The Labute approximate surface area is 188 Å². The number of non-ortho nitro benzene ring substituents is 1. The minimum absolute atomic E-state index is 0.0860. The molecule has 30 heavy (non-hydrogen) atoms. The van der Waals surface area contributed by atoms with Crippen molar-refractivity contribution in [1.82, 2.24) is 0 Å². The molecule has 0 atom stereocenters. The predicted molar refractivity (Wildman–Crippen MR) is 119 cm³/mol. The van der Waals surface area contributed by atoms with Crippen LogP contribution in [-0.2, 0) is 6.61 Å². The van der Waals surface area contributed by atoms with Gasteiger partial charge in [-0.2, -0.15) is 5.26 Å². The second-order valence-electron chi connectivity index (χ2n) is 6.21. The number of nitro groups is 1. The SMILES string of the molecule is N#C/C(=C/c1cc(Br)c(OCc2cccc(F)c2)c(Br)c1)c1cccc([N+](=O)[O-])c1. The van der Waals surface area contributed by atoms with Crippen LogP contribution < -0.4 is 4.74 Å². The summed E-state index contributed by atoms with van der Waals surface area (Å²) < 4.78 is 20.4. The van der Waals surface area contributed by atoms with E-state index in [4.69, 9.17) is 4.74 Å². The number of halogens is 3. The normalized spacial score (nSPS) is 11.1. The average Bonchev–Trinajstić information content (AvgIpc) is 2.71. The summed E-state index contributed by atoms with van der Waals surface area (Å²) in [7, 11) is 0. The highest BCUT2D eigenvalue weighted by atomic mass is 79.9.